The average molecular weight is 243 g/mol. The number of H-pyrrole nitrogens is 1. The minimum atomic E-state index is 0.413. The van der Waals surface area contributed by atoms with Crippen LogP contribution in [0.2, 0.25) is 0 Å². The maximum absolute atomic E-state index is 5.90. The normalized spacial score (nSPS) is 11.1. The molecule has 0 aliphatic heterocycles. The second-order valence-electron chi connectivity index (χ2n) is 5.08. The molecule has 0 aliphatic rings. The second-order valence-corrected chi connectivity index (χ2v) is 5.08. The molecule has 3 N–H and O–H groups in total. The van der Waals surface area contributed by atoms with Crippen LogP contribution >= 0.6 is 0 Å². The van der Waals surface area contributed by atoms with Crippen LogP contribution in [0, 0.1) is 6.92 Å². The molecule has 0 aliphatic carbocycles. The molecule has 2 aromatic rings. The van der Waals surface area contributed by atoms with Crippen molar-refractivity contribution in [3.63, 3.8) is 0 Å². The van der Waals surface area contributed by atoms with Crippen molar-refractivity contribution in [2.75, 3.05) is 5.73 Å². The van der Waals surface area contributed by atoms with Gasteiger partial charge in [-0.05, 0) is 36.8 Å². The molecule has 0 bridgehead atoms. The maximum atomic E-state index is 5.90. The maximum Gasteiger partial charge on any atom is 0.148 e. The van der Waals surface area contributed by atoms with Crippen LogP contribution in [0.15, 0.2) is 24.3 Å². The van der Waals surface area contributed by atoms with Crippen LogP contribution < -0.4 is 5.73 Å². The lowest BCUT2D eigenvalue weighted by molar-refractivity contribution is 0.817. The Balaban J connectivity index is 2.14. The first-order valence-electron chi connectivity index (χ1n) is 6.46. The summed E-state index contributed by atoms with van der Waals surface area (Å²) in [7, 11) is 0. The number of aryl methyl sites for hydroxylation is 3. The van der Waals surface area contributed by atoms with Gasteiger partial charge in [0.25, 0.3) is 0 Å². The molecule has 3 nitrogen and oxygen atoms in total. The molecule has 18 heavy (non-hydrogen) atoms. The Morgan fingerprint density at radius 2 is 1.94 bits per heavy atom. The zero-order chi connectivity index (χ0) is 13.1. The van der Waals surface area contributed by atoms with E-state index in [9.17, 15) is 0 Å². The van der Waals surface area contributed by atoms with Crippen molar-refractivity contribution in [2.24, 2.45) is 0 Å². The lowest BCUT2D eigenvalue weighted by Gasteiger charge is -2.08. The highest BCUT2D eigenvalue weighted by molar-refractivity contribution is 5.44. The first kappa shape index (κ1) is 12.7. The van der Waals surface area contributed by atoms with E-state index in [1.54, 1.807) is 0 Å². The van der Waals surface area contributed by atoms with Gasteiger partial charge in [0.2, 0.25) is 0 Å². The van der Waals surface area contributed by atoms with Crippen molar-refractivity contribution < 1.29 is 0 Å². The van der Waals surface area contributed by atoms with Gasteiger partial charge in [0.15, 0.2) is 0 Å². The van der Waals surface area contributed by atoms with Gasteiger partial charge in [-0.2, -0.15) is 5.10 Å². The van der Waals surface area contributed by atoms with Crippen LogP contribution in [0.5, 0.6) is 0 Å². The van der Waals surface area contributed by atoms with Crippen molar-refractivity contribution in [3.05, 3.63) is 46.6 Å². The number of nitrogen functional groups attached to an aromatic ring is 1. The topological polar surface area (TPSA) is 54.7 Å². The SMILES string of the molecule is Cc1ccccc1CCc1[nH]nc(N)c1C(C)C. The van der Waals surface area contributed by atoms with Gasteiger partial charge < -0.3 is 5.73 Å². The number of aromatic amines is 1. The molecular formula is C15H21N3. The van der Waals surface area contributed by atoms with E-state index in [1.165, 1.54) is 22.4 Å². The highest BCUT2D eigenvalue weighted by atomic mass is 15.2. The summed E-state index contributed by atoms with van der Waals surface area (Å²) in [6.45, 7) is 6.46. The smallest absolute Gasteiger partial charge is 0.148 e. The summed E-state index contributed by atoms with van der Waals surface area (Å²) in [6, 6.07) is 8.50. The standard InChI is InChI=1S/C15H21N3/c1-10(2)14-13(17-18-15(14)16)9-8-12-7-5-4-6-11(12)3/h4-7,10H,8-9H2,1-3H3,(H3,16,17,18). The van der Waals surface area contributed by atoms with E-state index in [4.69, 9.17) is 5.73 Å². The quantitative estimate of drug-likeness (QED) is 0.866. The first-order valence-corrected chi connectivity index (χ1v) is 6.46. The zero-order valence-corrected chi connectivity index (χ0v) is 11.3. The molecule has 1 aromatic carbocycles. The fourth-order valence-corrected chi connectivity index (χ4v) is 2.39. The Bertz CT molecular complexity index is 526. The first-order chi connectivity index (χ1) is 8.59. The van der Waals surface area contributed by atoms with Crippen molar-refractivity contribution in [1.29, 1.82) is 0 Å². The second kappa shape index (κ2) is 5.25. The minimum Gasteiger partial charge on any atom is -0.382 e. The minimum absolute atomic E-state index is 0.413. The van der Waals surface area contributed by atoms with E-state index >= 15 is 0 Å². The molecule has 0 spiro atoms. The largest absolute Gasteiger partial charge is 0.382 e. The van der Waals surface area contributed by atoms with Gasteiger partial charge in [-0.25, -0.2) is 0 Å². The van der Waals surface area contributed by atoms with Crippen molar-refractivity contribution in [3.8, 4) is 0 Å². The number of nitrogens with two attached hydrogens (primary N) is 1. The molecule has 0 amide bonds. The monoisotopic (exact) mass is 243 g/mol. The summed E-state index contributed by atoms with van der Waals surface area (Å²) in [6.07, 6.45) is 1.98. The fraction of sp³-hybridized carbons (Fsp3) is 0.400. The number of benzene rings is 1. The van der Waals surface area contributed by atoms with Gasteiger partial charge in [-0.15, -0.1) is 0 Å². The molecule has 2 rings (SSSR count). The van der Waals surface area contributed by atoms with Gasteiger partial charge in [-0.1, -0.05) is 38.1 Å². The molecule has 1 heterocycles. The van der Waals surface area contributed by atoms with Crippen LogP contribution in [0.1, 0.15) is 42.1 Å². The number of aromatic nitrogens is 2. The van der Waals surface area contributed by atoms with Crippen molar-refractivity contribution in [1.82, 2.24) is 10.2 Å². The lowest BCUT2D eigenvalue weighted by Crippen LogP contribution is -2.00. The number of hydrogen-bond donors (Lipinski definition) is 2. The van der Waals surface area contributed by atoms with Gasteiger partial charge in [-0.3, -0.25) is 5.10 Å². The van der Waals surface area contributed by atoms with Gasteiger partial charge in [0, 0.05) is 11.3 Å². The van der Waals surface area contributed by atoms with Crippen LogP contribution in [0.4, 0.5) is 5.82 Å². The zero-order valence-electron chi connectivity index (χ0n) is 11.3. The Labute approximate surface area is 108 Å². The summed E-state index contributed by atoms with van der Waals surface area (Å²) >= 11 is 0. The molecule has 3 heteroatoms. The molecule has 0 radical (unpaired) electrons. The van der Waals surface area contributed by atoms with Crippen LogP contribution in [-0.2, 0) is 12.8 Å². The third-order valence-electron chi connectivity index (χ3n) is 3.40. The Morgan fingerprint density at radius 3 is 2.61 bits per heavy atom. The van der Waals surface area contributed by atoms with E-state index in [0.29, 0.717) is 11.7 Å². The molecule has 0 saturated carbocycles. The number of anilines is 1. The summed E-state index contributed by atoms with van der Waals surface area (Å²) in [5.74, 6) is 1.06. The van der Waals surface area contributed by atoms with Crippen molar-refractivity contribution >= 4 is 5.82 Å². The van der Waals surface area contributed by atoms with E-state index in [-0.39, 0.29) is 0 Å². The van der Waals surface area contributed by atoms with Crippen LogP contribution in [-0.4, -0.2) is 10.2 Å². The lowest BCUT2D eigenvalue weighted by atomic mass is 9.97. The Hall–Kier alpha value is -1.77. The van der Waals surface area contributed by atoms with Gasteiger partial charge in [0.1, 0.15) is 5.82 Å². The van der Waals surface area contributed by atoms with E-state index in [1.807, 2.05) is 0 Å². The molecular weight excluding hydrogens is 222 g/mol. The fourth-order valence-electron chi connectivity index (χ4n) is 2.39. The van der Waals surface area contributed by atoms with E-state index in [0.717, 1.165) is 12.8 Å². The van der Waals surface area contributed by atoms with Crippen LogP contribution in [0.3, 0.4) is 0 Å². The third kappa shape index (κ3) is 2.55. The Kier molecular flexibility index (Phi) is 3.70. The number of hydrogen-bond acceptors (Lipinski definition) is 2. The highest BCUT2D eigenvalue weighted by Gasteiger charge is 2.14. The molecule has 0 unspecified atom stereocenters. The summed E-state index contributed by atoms with van der Waals surface area (Å²) in [4.78, 5) is 0. The number of nitrogens with zero attached hydrogens (tertiary/aromatic N) is 1. The molecule has 1 aromatic heterocycles. The average Bonchev–Trinajstić information content (AvgIpc) is 2.69. The number of rotatable bonds is 4. The molecule has 96 valence electrons. The summed E-state index contributed by atoms with van der Waals surface area (Å²) in [5, 5.41) is 7.20. The molecule has 0 atom stereocenters. The van der Waals surface area contributed by atoms with Crippen molar-refractivity contribution in [2.45, 2.75) is 39.5 Å². The molecule has 0 saturated heterocycles. The van der Waals surface area contributed by atoms with Gasteiger partial charge >= 0.3 is 0 Å². The predicted molar refractivity (Wildman–Crippen MR) is 75.7 cm³/mol. The Morgan fingerprint density at radius 1 is 1.22 bits per heavy atom. The summed E-state index contributed by atoms with van der Waals surface area (Å²) in [5.41, 5.74) is 11.0. The number of nitrogens with one attached hydrogen (secondary N) is 1. The summed E-state index contributed by atoms with van der Waals surface area (Å²) < 4.78 is 0. The third-order valence-corrected chi connectivity index (χ3v) is 3.40. The highest BCUT2D eigenvalue weighted by Crippen LogP contribution is 2.24. The predicted octanol–water partition coefficient (Wildman–Crippen LogP) is 3.21. The van der Waals surface area contributed by atoms with E-state index < -0.39 is 0 Å². The molecule has 0 fully saturated rings. The van der Waals surface area contributed by atoms with E-state index in [2.05, 4.69) is 55.2 Å². The van der Waals surface area contributed by atoms with Gasteiger partial charge in [0.05, 0.1) is 0 Å². The van der Waals surface area contributed by atoms with Crippen LogP contribution in [0.25, 0.3) is 0 Å².